The summed E-state index contributed by atoms with van der Waals surface area (Å²) >= 11 is 9.61. The van der Waals surface area contributed by atoms with Crippen molar-refractivity contribution in [3.05, 3.63) is 108 Å². The Kier molecular flexibility index (Phi) is 7.57. The summed E-state index contributed by atoms with van der Waals surface area (Å²) in [5, 5.41) is 16.2. The molecule has 3 aromatic carbocycles. The van der Waals surface area contributed by atoms with Gasteiger partial charge in [-0.2, -0.15) is 9.78 Å². The van der Waals surface area contributed by atoms with Gasteiger partial charge in [0.15, 0.2) is 0 Å². The van der Waals surface area contributed by atoms with Crippen LogP contribution in [-0.4, -0.2) is 20.8 Å². The van der Waals surface area contributed by atoms with Crippen LogP contribution >= 0.6 is 27.5 Å². The van der Waals surface area contributed by atoms with Crippen molar-refractivity contribution in [1.82, 2.24) is 9.66 Å². The van der Waals surface area contributed by atoms with Gasteiger partial charge in [-0.25, -0.2) is 4.98 Å². The smallest absolute Gasteiger partial charge is 0.282 e. The molecule has 4 aromatic rings. The Hall–Kier alpha value is -3.56. The topological polar surface area (TPSA) is 99.6 Å². The Labute approximate surface area is 214 Å². The second kappa shape index (κ2) is 10.8. The minimum absolute atomic E-state index is 0.0115. The molecule has 0 fully saturated rings. The number of fused-ring (bicyclic) bond motifs is 1. The molecule has 0 saturated carbocycles. The van der Waals surface area contributed by atoms with E-state index in [4.69, 9.17) is 16.3 Å². The molecular weight excluding hydrogens is 536 g/mol. The molecule has 1 aromatic heterocycles. The summed E-state index contributed by atoms with van der Waals surface area (Å²) < 4.78 is 8.01. The molecule has 1 heterocycles. The number of nitrogens with zero attached hydrogens (tertiary/aromatic N) is 4. The van der Waals surface area contributed by atoms with Gasteiger partial charge in [0.2, 0.25) is 0 Å². The second-order valence-electron chi connectivity index (χ2n) is 7.70. The van der Waals surface area contributed by atoms with Crippen LogP contribution in [0.4, 0.5) is 5.69 Å². The fourth-order valence-corrected chi connectivity index (χ4v) is 3.99. The summed E-state index contributed by atoms with van der Waals surface area (Å²) in [6.45, 7) is 2.19. The molecule has 8 nitrogen and oxygen atoms in total. The summed E-state index contributed by atoms with van der Waals surface area (Å²) in [7, 11) is 0. The van der Waals surface area contributed by atoms with Gasteiger partial charge in [-0.15, -0.1) is 0 Å². The Balaban J connectivity index is 1.66. The third-order valence-electron chi connectivity index (χ3n) is 5.17. The van der Waals surface area contributed by atoms with Gasteiger partial charge in [-0.3, -0.25) is 14.9 Å². The first-order chi connectivity index (χ1) is 16.9. The lowest BCUT2D eigenvalue weighted by atomic mass is 10.2. The van der Waals surface area contributed by atoms with Crippen molar-refractivity contribution in [1.29, 1.82) is 0 Å². The zero-order chi connectivity index (χ0) is 24.9. The van der Waals surface area contributed by atoms with Crippen molar-refractivity contribution in [3.8, 4) is 5.75 Å². The van der Waals surface area contributed by atoms with Gasteiger partial charge in [0.05, 0.1) is 22.0 Å². The number of nitro groups is 1. The van der Waals surface area contributed by atoms with E-state index in [0.29, 0.717) is 39.5 Å². The molecule has 0 N–H and O–H groups in total. The van der Waals surface area contributed by atoms with Gasteiger partial charge in [0, 0.05) is 33.6 Å². The fraction of sp³-hybridized carbons (Fsp3) is 0.160. The van der Waals surface area contributed by atoms with E-state index in [1.165, 1.54) is 23.0 Å². The lowest BCUT2D eigenvalue weighted by molar-refractivity contribution is -0.384. The summed E-state index contributed by atoms with van der Waals surface area (Å²) in [6, 6.07) is 16.6. The van der Waals surface area contributed by atoms with E-state index in [0.717, 1.165) is 16.5 Å². The number of hydrogen-bond donors (Lipinski definition) is 0. The van der Waals surface area contributed by atoms with Crippen LogP contribution in [0.5, 0.6) is 5.75 Å². The first-order valence-corrected chi connectivity index (χ1v) is 11.9. The summed E-state index contributed by atoms with van der Waals surface area (Å²) in [5.41, 5.74) is 1.69. The highest BCUT2D eigenvalue weighted by atomic mass is 79.9. The summed E-state index contributed by atoms with van der Waals surface area (Å²) in [6.07, 6.45) is 2.89. The van der Waals surface area contributed by atoms with E-state index in [9.17, 15) is 14.9 Å². The highest BCUT2D eigenvalue weighted by Gasteiger charge is 2.12. The second-order valence-corrected chi connectivity index (χ2v) is 9.05. The van der Waals surface area contributed by atoms with Crippen molar-refractivity contribution < 1.29 is 9.66 Å². The number of nitro benzene ring substituents is 1. The standard InChI is InChI=1S/C25H20BrClN4O4/c1-2-3-24-29-22-10-6-18(26)13-21(22)25(32)30(24)28-14-17-12-19(27)7-11-23(17)35-15-16-4-8-20(9-5-16)31(33)34/h4-14H,2-3,15H2,1H3. The first-order valence-electron chi connectivity index (χ1n) is 10.8. The quantitative estimate of drug-likeness (QED) is 0.148. The van der Waals surface area contributed by atoms with Crippen molar-refractivity contribution >= 4 is 50.3 Å². The van der Waals surface area contributed by atoms with Crippen LogP contribution in [0, 0.1) is 10.1 Å². The zero-order valence-corrected chi connectivity index (χ0v) is 21.0. The van der Waals surface area contributed by atoms with Crippen molar-refractivity contribution in [2.24, 2.45) is 5.10 Å². The Morgan fingerprint density at radius 2 is 1.94 bits per heavy atom. The molecular formula is C25H20BrClN4O4. The predicted molar refractivity (Wildman–Crippen MR) is 140 cm³/mol. The van der Waals surface area contributed by atoms with Crippen LogP contribution < -0.4 is 10.3 Å². The summed E-state index contributed by atoms with van der Waals surface area (Å²) in [5.74, 6) is 1.05. The normalized spacial score (nSPS) is 11.3. The predicted octanol–water partition coefficient (Wildman–Crippen LogP) is 6.13. The minimum Gasteiger partial charge on any atom is -0.488 e. The summed E-state index contributed by atoms with van der Waals surface area (Å²) in [4.78, 5) is 28.3. The van der Waals surface area contributed by atoms with Crippen LogP contribution in [0.3, 0.4) is 0 Å². The molecule has 0 aliphatic rings. The molecule has 0 saturated heterocycles. The molecule has 0 unspecified atom stereocenters. The Morgan fingerprint density at radius 1 is 1.17 bits per heavy atom. The van der Waals surface area contributed by atoms with Crippen LogP contribution in [-0.2, 0) is 13.0 Å². The van der Waals surface area contributed by atoms with Crippen molar-refractivity contribution in [2.75, 3.05) is 0 Å². The van der Waals surface area contributed by atoms with Gasteiger partial charge in [-0.05, 0) is 60.5 Å². The highest BCUT2D eigenvalue weighted by molar-refractivity contribution is 9.10. The number of ether oxygens (including phenoxy) is 1. The maximum Gasteiger partial charge on any atom is 0.282 e. The molecule has 178 valence electrons. The fourth-order valence-electron chi connectivity index (χ4n) is 3.45. The van der Waals surface area contributed by atoms with Gasteiger partial charge in [-0.1, -0.05) is 34.5 Å². The molecule has 0 bridgehead atoms. The van der Waals surface area contributed by atoms with Crippen LogP contribution in [0.15, 0.2) is 75.0 Å². The first kappa shape index (κ1) is 24.6. The number of aryl methyl sites for hydroxylation is 1. The van der Waals surface area contributed by atoms with E-state index in [1.807, 2.05) is 13.0 Å². The highest BCUT2D eigenvalue weighted by Crippen LogP contribution is 2.23. The lowest BCUT2D eigenvalue weighted by Gasteiger charge is -2.11. The van der Waals surface area contributed by atoms with Crippen LogP contribution in [0.2, 0.25) is 5.02 Å². The third-order valence-corrected chi connectivity index (χ3v) is 5.90. The van der Waals surface area contributed by atoms with Gasteiger partial charge in [0.25, 0.3) is 11.2 Å². The van der Waals surface area contributed by atoms with E-state index in [1.54, 1.807) is 42.5 Å². The number of rotatable bonds is 8. The van der Waals surface area contributed by atoms with Crippen LogP contribution in [0.1, 0.15) is 30.3 Å². The van der Waals surface area contributed by atoms with Crippen molar-refractivity contribution in [3.63, 3.8) is 0 Å². The average molecular weight is 556 g/mol. The molecule has 0 aliphatic heterocycles. The number of halogens is 2. The Bertz CT molecular complexity index is 1490. The van der Waals surface area contributed by atoms with E-state index >= 15 is 0 Å². The maximum atomic E-state index is 13.2. The molecule has 0 radical (unpaired) electrons. The molecule has 0 aliphatic carbocycles. The Morgan fingerprint density at radius 3 is 2.66 bits per heavy atom. The molecule has 4 rings (SSSR count). The van der Waals surface area contributed by atoms with E-state index in [2.05, 4.69) is 26.0 Å². The molecule has 0 spiro atoms. The zero-order valence-electron chi connectivity index (χ0n) is 18.6. The van der Waals surface area contributed by atoms with Gasteiger partial charge >= 0.3 is 0 Å². The largest absolute Gasteiger partial charge is 0.488 e. The molecule has 10 heteroatoms. The van der Waals surface area contributed by atoms with E-state index < -0.39 is 4.92 Å². The number of non-ortho nitro benzene ring substituents is 1. The number of benzene rings is 3. The molecule has 0 amide bonds. The maximum absolute atomic E-state index is 13.2. The van der Waals surface area contributed by atoms with Crippen LogP contribution in [0.25, 0.3) is 10.9 Å². The molecule has 0 atom stereocenters. The van der Waals surface area contributed by atoms with Crippen molar-refractivity contribution in [2.45, 2.75) is 26.4 Å². The SMILES string of the molecule is CCCc1nc2ccc(Br)cc2c(=O)n1N=Cc1cc(Cl)ccc1OCc1ccc([N+](=O)[O-])cc1. The van der Waals surface area contributed by atoms with E-state index in [-0.39, 0.29) is 17.9 Å². The molecule has 35 heavy (non-hydrogen) atoms. The lowest BCUT2D eigenvalue weighted by Crippen LogP contribution is -2.22. The third kappa shape index (κ3) is 5.75. The monoisotopic (exact) mass is 554 g/mol. The van der Waals surface area contributed by atoms with Gasteiger partial charge < -0.3 is 4.74 Å². The average Bonchev–Trinajstić information content (AvgIpc) is 2.84. The van der Waals surface area contributed by atoms with Gasteiger partial charge in [0.1, 0.15) is 18.2 Å². The number of aromatic nitrogens is 2. The number of hydrogen-bond acceptors (Lipinski definition) is 6. The minimum atomic E-state index is -0.451.